The van der Waals surface area contributed by atoms with Crippen molar-refractivity contribution in [2.45, 2.75) is 46.1 Å². The van der Waals surface area contributed by atoms with E-state index in [1.165, 1.54) is 0 Å². The van der Waals surface area contributed by atoms with Crippen LogP contribution in [0.25, 0.3) is 0 Å². The van der Waals surface area contributed by atoms with Crippen molar-refractivity contribution in [1.29, 1.82) is 0 Å². The summed E-state index contributed by atoms with van der Waals surface area (Å²) in [7, 11) is 0. The molecule has 4 nitrogen and oxygen atoms in total. The fourth-order valence-electron chi connectivity index (χ4n) is 2.00. The van der Waals surface area contributed by atoms with E-state index in [9.17, 15) is 9.59 Å². The molecule has 0 aromatic rings. The average molecular weight is 213 g/mol. The summed E-state index contributed by atoms with van der Waals surface area (Å²) in [6.45, 7) is 6.26. The van der Waals surface area contributed by atoms with Crippen LogP contribution in [0.1, 0.15) is 40.0 Å². The van der Waals surface area contributed by atoms with Gasteiger partial charge in [-0.2, -0.15) is 0 Å². The molecule has 0 aliphatic heterocycles. The molecule has 1 fully saturated rings. The van der Waals surface area contributed by atoms with Crippen molar-refractivity contribution in [2.24, 2.45) is 5.41 Å². The molecular formula is C11H19NO3. The van der Waals surface area contributed by atoms with Crippen molar-refractivity contribution in [3.05, 3.63) is 0 Å². The Balaban J connectivity index is 2.37. The standard InChI is InChI=1S/C11H19NO3/c1-4-15-10(14)9(13)12-8-5-6-11(2,3)7-8/h8H,4-7H2,1-3H3,(H,12,13). The minimum atomic E-state index is -0.776. The average Bonchev–Trinajstić information content (AvgIpc) is 2.46. The molecule has 1 atom stereocenters. The molecule has 1 aliphatic carbocycles. The number of rotatable bonds is 2. The van der Waals surface area contributed by atoms with Gasteiger partial charge in [-0.05, 0) is 31.6 Å². The van der Waals surface area contributed by atoms with Gasteiger partial charge in [0.25, 0.3) is 0 Å². The summed E-state index contributed by atoms with van der Waals surface area (Å²) in [6.07, 6.45) is 2.96. The SMILES string of the molecule is CCOC(=O)C(=O)NC1CCC(C)(C)C1. The van der Waals surface area contributed by atoms with Gasteiger partial charge in [0.15, 0.2) is 0 Å². The van der Waals surface area contributed by atoms with Gasteiger partial charge in [-0.25, -0.2) is 4.79 Å². The maximum Gasteiger partial charge on any atom is 0.396 e. The summed E-state index contributed by atoms with van der Waals surface area (Å²) >= 11 is 0. The van der Waals surface area contributed by atoms with E-state index in [1.807, 2.05) is 0 Å². The lowest BCUT2D eigenvalue weighted by molar-refractivity contribution is -0.154. The summed E-state index contributed by atoms with van der Waals surface area (Å²) in [6, 6.07) is 0.122. The van der Waals surface area contributed by atoms with Gasteiger partial charge in [0.2, 0.25) is 0 Å². The molecular weight excluding hydrogens is 194 g/mol. The Labute approximate surface area is 90.4 Å². The maximum atomic E-state index is 11.3. The molecule has 0 heterocycles. The Bertz CT molecular complexity index is 261. The lowest BCUT2D eigenvalue weighted by Gasteiger charge is -2.17. The molecule has 0 aromatic carbocycles. The zero-order chi connectivity index (χ0) is 11.5. The number of carbonyl (C=O) groups is 2. The molecule has 1 saturated carbocycles. The molecule has 1 N–H and O–H groups in total. The minimum Gasteiger partial charge on any atom is -0.459 e. The molecule has 0 radical (unpaired) electrons. The number of hydrogen-bond donors (Lipinski definition) is 1. The highest BCUT2D eigenvalue weighted by Crippen LogP contribution is 2.36. The number of esters is 1. The van der Waals surface area contributed by atoms with Gasteiger partial charge >= 0.3 is 11.9 Å². The Kier molecular flexibility index (Phi) is 3.72. The van der Waals surface area contributed by atoms with Crippen LogP contribution in [-0.4, -0.2) is 24.5 Å². The highest BCUT2D eigenvalue weighted by atomic mass is 16.5. The lowest BCUT2D eigenvalue weighted by Crippen LogP contribution is -2.39. The quantitative estimate of drug-likeness (QED) is 0.554. The van der Waals surface area contributed by atoms with Crippen LogP contribution in [0.15, 0.2) is 0 Å². The molecule has 15 heavy (non-hydrogen) atoms. The van der Waals surface area contributed by atoms with E-state index < -0.39 is 11.9 Å². The number of hydrogen-bond acceptors (Lipinski definition) is 3. The molecule has 0 saturated heterocycles. The van der Waals surface area contributed by atoms with E-state index >= 15 is 0 Å². The largest absolute Gasteiger partial charge is 0.459 e. The van der Waals surface area contributed by atoms with Crippen molar-refractivity contribution < 1.29 is 14.3 Å². The minimum absolute atomic E-state index is 0.122. The molecule has 86 valence electrons. The van der Waals surface area contributed by atoms with Gasteiger partial charge in [-0.3, -0.25) is 4.79 Å². The first-order valence-electron chi connectivity index (χ1n) is 5.42. The van der Waals surface area contributed by atoms with E-state index in [1.54, 1.807) is 6.92 Å². The Hall–Kier alpha value is -1.06. The normalized spacial score (nSPS) is 23.5. The Morgan fingerprint density at radius 1 is 1.47 bits per heavy atom. The van der Waals surface area contributed by atoms with Crippen molar-refractivity contribution in [1.82, 2.24) is 5.32 Å². The Morgan fingerprint density at radius 2 is 2.13 bits per heavy atom. The molecule has 4 heteroatoms. The number of ether oxygens (including phenoxy) is 1. The summed E-state index contributed by atoms with van der Waals surface area (Å²) in [5.41, 5.74) is 0.270. The molecule has 1 rings (SSSR count). The van der Waals surface area contributed by atoms with E-state index in [2.05, 4.69) is 23.9 Å². The topological polar surface area (TPSA) is 55.4 Å². The molecule has 1 amide bonds. The van der Waals surface area contributed by atoms with Crippen molar-refractivity contribution in [3.63, 3.8) is 0 Å². The lowest BCUT2D eigenvalue weighted by atomic mass is 9.92. The molecule has 0 spiro atoms. The second-order valence-electron chi connectivity index (χ2n) is 4.80. The molecule has 0 aromatic heterocycles. The third kappa shape index (κ3) is 3.53. The maximum absolute atomic E-state index is 11.3. The fourth-order valence-corrected chi connectivity index (χ4v) is 2.00. The third-order valence-electron chi connectivity index (χ3n) is 2.76. The van der Waals surface area contributed by atoms with Crippen molar-refractivity contribution >= 4 is 11.9 Å². The van der Waals surface area contributed by atoms with Crippen molar-refractivity contribution in [2.75, 3.05) is 6.61 Å². The van der Waals surface area contributed by atoms with Crippen LogP contribution in [0, 0.1) is 5.41 Å². The molecule has 0 bridgehead atoms. The second-order valence-corrected chi connectivity index (χ2v) is 4.80. The van der Waals surface area contributed by atoms with Crippen LogP contribution in [-0.2, 0) is 14.3 Å². The van der Waals surface area contributed by atoms with Gasteiger partial charge in [0.1, 0.15) is 0 Å². The van der Waals surface area contributed by atoms with Crippen LogP contribution in [0.3, 0.4) is 0 Å². The number of carbonyl (C=O) groups excluding carboxylic acids is 2. The highest BCUT2D eigenvalue weighted by Gasteiger charge is 2.32. The first-order valence-corrected chi connectivity index (χ1v) is 5.42. The monoisotopic (exact) mass is 213 g/mol. The smallest absolute Gasteiger partial charge is 0.396 e. The van der Waals surface area contributed by atoms with E-state index in [0.717, 1.165) is 19.3 Å². The van der Waals surface area contributed by atoms with Crippen LogP contribution < -0.4 is 5.32 Å². The Morgan fingerprint density at radius 3 is 2.60 bits per heavy atom. The summed E-state index contributed by atoms with van der Waals surface area (Å²) < 4.78 is 4.61. The van der Waals surface area contributed by atoms with Crippen LogP contribution in [0.4, 0.5) is 0 Å². The fraction of sp³-hybridized carbons (Fsp3) is 0.818. The van der Waals surface area contributed by atoms with E-state index in [4.69, 9.17) is 0 Å². The summed E-state index contributed by atoms with van der Waals surface area (Å²) in [4.78, 5) is 22.4. The first kappa shape index (κ1) is 12.0. The van der Waals surface area contributed by atoms with E-state index in [-0.39, 0.29) is 18.1 Å². The first-order chi connectivity index (χ1) is 6.94. The van der Waals surface area contributed by atoms with Crippen LogP contribution in [0.5, 0.6) is 0 Å². The van der Waals surface area contributed by atoms with Gasteiger partial charge in [0, 0.05) is 6.04 Å². The molecule has 1 unspecified atom stereocenters. The third-order valence-corrected chi connectivity index (χ3v) is 2.76. The van der Waals surface area contributed by atoms with Gasteiger partial charge < -0.3 is 10.1 Å². The van der Waals surface area contributed by atoms with Gasteiger partial charge in [0.05, 0.1) is 6.61 Å². The highest BCUT2D eigenvalue weighted by molar-refractivity contribution is 6.32. The number of amides is 1. The zero-order valence-corrected chi connectivity index (χ0v) is 9.63. The van der Waals surface area contributed by atoms with Crippen molar-refractivity contribution in [3.8, 4) is 0 Å². The predicted molar refractivity (Wildman–Crippen MR) is 56.2 cm³/mol. The van der Waals surface area contributed by atoms with Crippen LogP contribution >= 0.6 is 0 Å². The molecule has 1 aliphatic rings. The number of nitrogens with one attached hydrogen (secondary N) is 1. The van der Waals surface area contributed by atoms with Gasteiger partial charge in [-0.1, -0.05) is 13.8 Å². The zero-order valence-electron chi connectivity index (χ0n) is 9.63. The van der Waals surface area contributed by atoms with Gasteiger partial charge in [-0.15, -0.1) is 0 Å². The van der Waals surface area contributed by atoms with E-state index in [0.29, 0.717) is 0 Å². The summed E-state index contributed by atoms with van der Waals surface area (Å²) in [5, 5.41) is 2.71. The van der Waals surface area contributed by atoms with Crippen LogP contribution in [0.2, 0.25) is 0 Å². The summed E-state index contributed by atoms with van der Waals surface area (Å²) in [5.74, 6) is -1.39. The second kappa shape index (κ2) is 4.64. The predicted octanol–water partition coefficient (Wildman–Crippen LogP) is 1.24.